The van der Waals surface area contributed by atoms with Crippen molar-refractivity contribution in [3.63, 3.8) is 0 Å². The first-order valence-corrected chi connectivity index (χ1v) is 9.92. The van der Waals surface area contributed by atoms with Crippen molar-refractivity contribution in [3.05, 3.63) is 65.2 Å². The van der Waals surface area contributed by atoms with Crippen LogP contribution < -0.4 is 5.32 Å². The standard InChI is InChI=1S/C23H26N2O4/c1-15-5-3-4-6-20(15)23(28)11-17-13-25(14-18(17)12-23)22(27)24-19-9-7-16(8-10-19)21(26)29-2/h3-10,17-18,28H,11-14H2,1-2H3,(H,24,27)/t17-,18+,23?. The van der Waals surface area contributed by atoms with Crippen molar-refractivity contribution in [2.45, 2.75) is 25.4 Å². The number of urea groups is 1. The second-order valence-electron chi connectivity index (χ2n) is 8.18. The van der Waals surface area contributed by atoms with Crippen molar-refractivity contribution in [1.29, 1.82) is 0 Å². The van der Waals surface area contributed by atoms with Crippen LogP contribution in [0.2, 0.25) is 0 Å². The molecule has 0 aromatic heterocycles. The SMILES string of the molecule is COC(=O)c1ccc(NC(=O)N2C[C@@H]3CC(O)(c4ccccc4C)C[C@@H]3C2)cc1. The molecule has 1 aliphatic carbocycles. The van der Waals surface area contributed by atoms with Crippen molar-refractivity contribution in [2.24, 2.45) is 11.8 Å². The lowest BCUT2D eigenvalue weighted by Gasteiger charge is -2.28. The second-order valence-corrected chi connectivity index (χ2v) is 8.18. The maximum atomic E-state index is 12.7. The molecule has 6 nitrogen and oxygen atoms in total. The number of methoxy groups -OCH3 is 1. The third-order valence-corrected chi connectivity index (χ3v) is 6.27. The molecule has 2 aromatic carbocycles. The average molecular weight is 394 g/mol. The predicted octanol–water partition coefficient (Wildman–Crippen LogP) is 3.54. The lowest BCUT2D eigenvalue weighted by Crippen LogP contribution is -2.35. The molecule has 1 saturated heterocycles. The number of hydrogen-bond donors (Lipinski definition) is 2. The van der Waals surface area contributed by atoms with Crippen molar-refractivity contribution in [3.8, 4) is 0 Å². The van der Waals surface area contributed by atoms with Gasteiger partial charge in [-0.3, -0.25) is 0 Å². The number of carbonyl (C=O) groups is 2. The van der Waals surface area contributed by atoms with Crippen molar-refractivity contribution in [2.75, 3.05) is 25.5 Å². The minimum absolute atomic E-state index is 0.148. The summed E-state index contributed by atoms with van der Waals surface area (Å²) < 4.78 is 4.68. The van der Waals surface area contributed by atoms with E-state index in [0.717, 1.165) is 11.1 Å². The smallest absolute Gasteiger partial charge is 0.337 e. The Bertz CT molecular complexity index is 911. The molecule has 1 heterocycles. The number of benzene rings is 2. The van der Waals surface area contributed by atoms with Gasteiger partial charge in [-0.1, -0.05) is 24.3 Å². The number of aliphatic hydroxyl groups is 1. The molecule has 29 heavy (non-hydrogen) atoms. The highest BCUT2D eigenvalue weighted by Crippen LogP contribution is 2.49. The number of amides is 2. The molecule has 4 rings (SSSR count). The van der Waals surface area contributed by atoms with Crippen LogP contribution in [0.15, 0.2) is 48.5 Å². The molecular formula is C23H26N2O4. The summed E-state index contributed by atoms with van der Waals surface area (Å²) in [4.78, 5) is 26.0. The summed E-state index contributed by atoms with van der Waals surface area (Å²) in [6, 6.07) is 14.5. The first kappa shape index (κ1) is 19.5. The molecule has 2 aliphatic rings. The van der Waals surface area contributed by atoms with E-state index in [0.29, 0.717) is 49.0 Å². The van der Waals surface area contributed by atoms with Gasteiger partial charge in [-0.15, -0.1) is 0 Å². The third kappa shape index (κ3) is 3.72. The van der Waals surface area contributed by atoms with Crippen LogP contribution >= 0.6 is 0 Å². The highest BCUT2D eigenvalue weighted by molar-refractivity contribution is 5.92. The lowest BCUT2D eigenvalue weighted by molar-refractivity contribution is 0.0322. The van der Waals surface area contributed by atoms with Crippen LogP contribution in [0.3, 0.4) is 0 Å². The Hall–Kier alpha value is -2.86. The number of esters is 1. The van der Waals surface area contributed by atoms with Gasteiger partial charge in [0.2, 0.25) is 0 Å². The average Bonchev–Trinajstić information content (AvgIpc) is 3.24. The highest BCUT2D eigenvalue weighted by Gasteiger charge is 2.50. The van der Waals surface area contributed by atoms with E-state index >= 15 is 0 Å². The number of hydrogen-bond acceptors (Lipinski definition) is 4. The zero-order valence-corrected chi connectivity index (χ0v) is 16.7. The van der Waals surface area contributed by atoms with E-state index in [9.17, 15) is 14.7 Å². The van der Waals surface area contributed by atoms with E-state index in [2.05, 4.69) is 10.1 Å². The monoisotopic (exact) mass is 394 g/mol. The zero-order chi connectivity index (χ0) is 20.6. The van der Waals surface area contributed by atoms with Gasteiger partial charge in [-0.25, -0.2) is 9.59 Å². The van der Waals surface area contributed by atoms with Gasteiger partial charge in [-0.05, 0) is 67.0 Å². The summed E-state index contributed by atoms with van der Waals surface area (Å²) in [5.41, 5.74) is 2.40. The fourth-order valence-electron chi connectivity index (χ4n) is 4.84. The normalized spacial score (nSPS) is 25.6. The fourth-order valence-corrected chi connectivity index (χ4v) is 4.84. The Morgan fingerprint density at radius 2 is 1.69 bits per heavy atom. The Kier molecular flexibility index (Phi) is 5.04. The molecule has 2 amide bonds. The summed E-state index contributed by atoms with van der Waals surface area (Å²) in [5, 5.41) is 14.1. The molecule has 0 spiro atoms. The number of aryl methyl sites for hydroxylation is 1. The molecule has 0 radical (unpaired) electrons. The Morgan fingerprint density at radius 1 is 1.07 bits per heavy atom. The van der Waals surface area contributed by atoms with Gasteiger partial charge in [0.05, 0.1) is 18.3 Å². The summed E-state index contributed by atoms with van der Waals surface area (Å²) >= 11 is 0. The first-order chi connectivity index (χ1) is 13.9. The van der Waals surface area contributed by atoms with Gasteiger partial charge in [0.1, 0.15) is 0 Å². The van der Waals surface area contributed by atoms with Crippen LogP contribution in [0.4, 0.5) is 10.5 Å². The minimum atomic E-state index is -0.799. The maximum Gasteiger partial charge on any atom is 0.337 e. The third-order valence-electron chi connectivity index (χ3n) is 6.27. The molecule has 1 aliphatic heterocycles. The molecule has 1 unspecified atom stereocenters. The lowest BCUT2D eigenvalue weighted by atomic mass is 9.87. The van der Waals surface area contributed by atoms with Crippen LogP contribution in [0.1, 0.15) is 34.3 Å². The molecule has 6 heteroatoms. The van der Waals surface area contributed by atoms with Gasteiger partial charge < -0.3 is 20.1 Å². The van der Waals surface area contributed by atoms with Crippen LogP contribution in [0, 0.1) is 18.8 Å². The number of nitrogens with zero attached hydrogens (tertiary/aromatic N) is 1. The van der Waals surface area contributed by atoms with E-state index in [1.807, 2.05) is 36.1 Å². The van der Waals surface area contributed by atoms with E-state index in [1.54, 1.807) is 24.3 Å². The number of nitrogens with one attached hydrogen (secondary N) is 1. The quantitative estimate of drug-likeness (QED) is 0.781. The van der Waals surface area contributed by atoms with E-state index < -0.39 is 11.6 Å². The fraction of sp³-hybridized carbons (Fsp3) is 0.391. The van der Waals surface area contributed by atoms with Gasteiger partial charge >= 0.3 is 12.0 Å². The second kappa shape index (κ2) is 7.52. The molecule has 2 N–H and O–H groups in total. The molecule has 152 valence electrons. The summed E-state index contributed by atoms with van der Waals surface area (Å²) in [7, 11) is 1.34. The largest absolute Gasteiger partial charge is 0.465 e. The summed E-state index contributed by atoms with van der Waals surface area (Å²) in [6.45, 7) is 3.32. The maximum absolute atomic E-state index is 12.7. The highest BCUT2D eigenvalue weighted by atomic mass is 16.5. The molecule has 1 saturated carbocycles. The van der Waals surface area contributed by atoms with Crippen LogP contribution in [-0.2, 0) is 10.3 Å². The summed E-state index contributed by atoms with van der Waals surface area (Å²) in [6.07, 6.45) is 1.36. The number of rotatable bonds is 3. The first-order valence-electron chi connectivity index (χ1n) is 9.92. The van der Waals surface area contributed by atoms with Crippen molar-refractivity contribution >= 4 is 17.7 Å². The van der Waals surface area contributed by atoms with Crippen molar-refractivity contribution in [1.82, 2.24) is 4.90 Å². The Labute approximate surface area is 170 Å². The molecular weight excluding hydrogens is 368 g/mol. The van der Waals surface area contributed by atoms with Crippen LogP contribution in [0.25, 0.3) is 0 Å². The Balaban J connectivity index is 1.37. The van der Waals surface area contributed by atoms with E-state index in [-0.39, 0.29) is 6.03 Å². The van der Waals surface area contributed by atoms with E-state index in [1.165, 1.54) is 7.11 Å². The number of likely N-dealkylation sites (tertiary alicyclic amines) is 1. The van der Waals surface area contributed by atoms with Crippen LogP contribution in [-0.4, -0.2) is 42.2 Å². The molecule has 3 atom stereocenters. The van der Waals surface area contributed by atoms with Gasteiger partial charge in [-0.2, -0.15) is 0 Å². The molecule has 2 fully saturated rings. The zero-order valence-electron chi connectivity index (χ0n) is 16.7. The van der Waals surface area contributed by atoms with E-state index in [4.69, 9.17) is 0 Å². The Morgan fingerprint density at radius 3 is 2.28 bits per heavy atom. The number of carbonyl (C=O) groups excluding carboxylic acids is 2. The summed E-state index contributed by atoms with van der Waals surface area (Å²) in [5.74, 6) is 0.190. The van der Waals surface area contributed by atoms with Gasteiger partial charge in [0.15, 0.2) is 0 Å². The van der Waals surface area contributed by atoms with Gasteiger partial charge in [0, 0.05) is 18.8 Å². The van der Waals surface area contributed by atoms with Crippen molar-refractivity contribution < 1.29 is 19.4 Å². The predicted molar refractivity (Wildman–Crippen MR) is 110 cm³/mol. The van der Waals surface area contributed by atoms with Crippen LogP contribution in [0.5, 0.6) is 0 Å². The number of fused-ring (bicyclic) bond motifs is 1. The molecule has 2 aromatic rings. The molecule has 0 bridgehead atoms. The minimum Gasteiger partial charge on any atom is -0.465 e. The van der Waals surface area contributed by atoms with Gasteiger partial charge in [0.25, 0.3) is 0 Å². The number of anilines is 1. The topological polar surface area (TPSA) is 78.9 Å². The number of ether oxygens (including phenoxy) is 1.